The number of rotatable bonds is 4. The van der Waals surface area contributed by atoms with E-state index in [1.54, 1.807) is 18.2 Å². The van der Waals surface area contributed by atoms with Gasteiger partial charge in [0, 0.05) is 16.0 Å². The average Bonchev–Trinajstić information content (AvgIpc) is 2.98. The Kier molecular flexibility index (Phi) is 4.69. The Balaban J connectivity index is 1.68. The molecular weight excluding hydrogens is 335 g/mol. The van der Waals surface area contributed by atoms with E-state index in [1.165, 1.54) is 23.5 Å². The minimum Gasteiger partial charge on any atom is -0.302 e. The number of anilines is 1. The van der Waals surface area contributed by atoms with Gasteiger partial charge in [-0.3, -0.25) is 4.79 Å². The van der Waals surface area contributed by atoms with E-state index in [9.17, 15) is 9.18 Å². The van der Waals surface area contributed by atoms with Crippen LogP contribution < -0.4 is 5.32 Å². The molecule has 1 N–H and O–H groups in total. The summed E-state index contributed by atoms with van der Waals surface area (Å²) in [5, 5.41) is 5.64. The van der Waals surface area contributed by atoms with Crippen molar-refractivity contribution in [2.45, 2.75) is 6.42 Å². The second-order valence-electron chi connectivity index (χ2n) is 4.86. The van der Waals surface area contributed by atoms with E-state index in [0.29, 0.717) is 15.8 Å². The van der Waals surface area contributed by atoms with Crippen LogP contribution in [0.4, 0.5) is 9.52 Å². The summed E-state index contributed by atoms with van der Waals surface area (Å²) in [5.41, 5.74) is 2.26. The van der Waals surface area contributed by atoms with Gasteiger partial charge in [-0.05, 0) is 35.9 Å². The van der Waals surface area contributed by atoms with Crippen LogP contribution in [0.5, 0.6) is 0 Å². The van der Waals surface area contributed by atoms with Crippen LogP contribution in [0.2, 0.25) is 5.02 Å². The molecule has 6 heteroatoms. The first-order chi connectivity index (χ1) is 11.1. The summed E-state index contributed by atoms with van der Waals surface area (Å²) >= 11 is 7.37. The van der Waals surface area contributed by atoms with Crippen LogP contribution in [0, 0.1) is 5.82 Å². The second-order valence-corrected chi connectivity index (χ2v) is 6.13. The van der Waals surface area contributed by atoms with E-state index in [4.69, 9.17) is 11.6 Å². The van der Waals surface area contributed by atoms with E-state index in [0.717, 1.165) is 11.1 Å². The second kappa shape index (κ2) is 6.89. The number of amides is 1. The molecule has 1 amide bonds. The lowest BCUT2D eigenvalue weighted by Crippen LogP contribution is -2.14. The van der Waals surface area contributed by atoms with Crippen LogP contribution in [0.3, 0.4) is 0 Å². The molecular formula is C17H12ClFN2OS. The van der Waals surface area contributed by atoms with Gasteiger partial charge < -0.3 is 5.32 Å². The molecule has 2 aromatic carbocycles. The van der Waals surface area contributed by atoms with Gasteiger partial charge in [-0.15, -0.1) is 11.3 Å². The predicted octanol–water partition coefficient (Wildman–Crippen LogP) is 4.78. The fraction of sp³-hybridized carbons (Fsp3) is 0.0588. The monoisotopic (exact) mass is 346 g/mol. The van der Waals surface area contributed by atoms with Gasteiger partial charge in [0.05, 0.1) is 12.1 Å². The largest absolute Gasteiger partial charge is 0.302 e. The third-order valence-corrected chi connectivity index (χ3v) is 4.33. The molecule has 0 spiro atoms. The van der Waals surface area contributed by atoms with Crippen molar-refractivity contribution in [3.8, 4) is 11.3 Å². The van der Waals surface area contributed by atoms with Crippen molar-refractivity contribution in [3.63, 3.8) is 0 Å². The van der Waals surface area contributed by atoms with E-state index >= 15 is 0 Å². The van der Waals surface area contributed by atoms with E-state index in [1.807, 2.05) is 23.6 Å². The van der Waals surface area contributed by atoms with Gasteiger partial charge in [0.1, 0.15) is 5.82 Å². The van der Waals surface area contributed by atoms with Crippen LogP contribution in [0.1, 0.15) is 5.56 Å². The molecule has 0 atom stereocenters. The number of nitrogens with zero attached hydrogens (tertiary/aromatic N) is 1. The van der Waals surface area contributed by atoms with Crippen LogP contribution in [0.25, 0.3) is 11.3 Å². The SMILES string of the molecule is O=C(Cc1ccccc1Cl)Nc1nc(-c2ccc(F)cc2)cs1. The van der Waals surface area contributed by atoms with Gasteiger partial charge in [-0.2, -0.15) is 0 Å². The minimum atomic E-state index is -0.294. The first-order valence-corrected chi connectivity index (χ1v) is 8.12. The normalized spacial score (nSPS) is 10.5. The van der Waals surface area contributed by atoms with Gasteiger partial charge in [0.25, 0.3) is 0 Å². The molecule has 3 nitrogen and oxygen atoms in total. The third-order valence-electron chi connectivity index (χ3n) is 3.20. The van der Waals surface area contributed by atoms with Gasteiger partial charge >= 0.3 is 0 Å². The van der Waals surface area contributed by atoms with Gasteiger partial charge in [0.15, 0.2) is 5.13 Å². The number of hydrogen-bond acceptors (Lipinski definition) is 3. The Labute approximate surface area is 141 Å². The summed E-state index contributed by atoms with van der Waals surface area (Å²) in [6, 6.07) is 13.3. The average molecular weight is 347 g/mol. The molecule has 0 bridgehead atoms. The standard InChI is InChI=1S/C17H12ClFN2OS/c18-14-4-2-1-3-12(14)9-16(22)21-17-20-15(10-23-17)11-5-7-13(19)8-6-11/h1-8,10H,9H2,(H,20,21,22). The number of carbonyl (C=O) groups excluding carboxylic acids is 1. The summed E-state index contributed by atoms with van der Waals surface area (Å²) < 4.78 is 12.9. The number of carbonyl (C=O) groups is 1. The lowest BCUT2D eigenvalue weighted by molar-refractivity contribution is -0.115. The summed E-state index contributed by atoms with van der Waals surface area (Å²) in [6.07, 6.45) is 0.186. The molecule has 0 saturated heterocycles. The Morgan fingerprint density at radius 1 is 1.17 bits per heavy atom. The number of benzene rings is 2. The van der Waals surface area contributed by atoms with Crippen molar-refractivity contribution in [3.05, 3.63) is 70.3 Å². The lowest BCUT2D eigenvalue weighted by Gasteiger charge is -2.03. The van der Waals surface area contributed by atoms with Crippen LogP contribution in [-0.2, 0) is 11.2 Å². The molecule has 0 saturated carbocycles. The maximum atomic E-state index is 12.9. The summed E-state index contributed by atoms with van der Waals surface area (Å²) in [4.78, 5) is 16.4. The fourth-order valence-corrected chi connectivity index (χ4v) is 3.00. The van der Waals surface area contributed by atoms with Gasteiger partial charge in [-0.1, -0.05) is 29.8 Å². The highest BCUT2D eigenvalue weighted by molar-refractivity contribution is 7.14. The zero-order valence-corrected chi connectivity index (χ0v) is 13.5. The minimum absolute atomic E-state index is 0.182. The van der Waals surface area contributed by atoms with Crippen molar-refractivity contribution < 1.29 is 9.18 Å². The number of hydrogen-bond donors (Lipinski definition) is 1. The molecule has 3 aromatic rings. The molecule has 0 aliphatic carbocycles. The van der Waals surface area contributed by atoms with E-state index in [2.05, 4.69) is 10.3 Å². The fourth-order valence-electron chi connectivity index (χ4n) is 2.06. The molecule has 1 heterocycles. The molecule has 0 aliphatic heterocycles. The highest BCUT2D eigenvalue weighted by atomic mass is 35.5. The quantitative estimate of drug-likeness (QED) is 0.738. The van der Waals surface area contributed by atoms with Crippen LogP contribution in [0.15, 0.2) is 53.9 Å². The first-order valence-electron chi connectivity index (χ1n) is 6.86. The topological polar surface area (TPSA) is 42.0 Å². The zero-order chi connectivity index (χ0) is 16.2. The van der Waals surface area contributed by atoms with Crippen molar-refractivity contribution in [1.29, 1.82) is 0 Å². The van der Waals surface area contributed by atoms with Crippen molar-refractivity contribution in [1.82, 2.24) is 4.98 Å². The summed E-state index contributed by atoms with van der Waals surface area (Å²) in [7, 11) is 0. The lowest BCUT2D eigenvalue weighted by atomic mass is 10.1. The Hall–Kier alpha value is -2.24. The van der Waals surface area contributed by atoms with Crippen molar-refractivity contribution in [2.75, 3.05) is 5.32 Å². The Bertz CT molecular complexity index is 833. The molecule has 116 valence electrons. The summed E-state index contributed by atoms with van der Waals surface area (Å²) in [5.74, 6) is -0.477. The number of aromatic nitrogens is 1. The third kappa shape index (κ3) is 3.94. The molecule has 0 unspecified atom stereocenters. The maximum absolute atomic E-state index is 12.9. The molecule has 0 fully saturated rings. The highest BCUT2D eigenvalue weighted by Gasteiger charge is 2.10. The Morgan fingerprint density at radius 3 is 2.65 bits per heavy atom. The van der Waals surface area contributed by atoms with E-state index < -0.39 is 0 Å². The smallest absolute Gasteiger partial charge is 0.230 e. The molecule has 1 aromatic heterocycles. The molecule has 23 heavy (non-hydrogen) atoms. The number of halogens is 2. The highest BCUT2D eigenvalue weighted by Crippen LogP contribution is 2.25. The van der Waals surface area contributed by atoms with Crippen LogP contribution in [-0.4, -0.2) is 10.9 Å². The van der Waals surface area contributed by atoms with Crippen molar-refractivity contribution >= 4 is 34.0 Å². The van der Waals surface area contributed by atoms with Crippen LogP contribution >= 0.6 is 22.9 Å². The first kappa shape index (κ1) is 15.6. The zero-order valence-electron chi connectivity index (χ0n) is 11.9. The van der Waals surface area contributed by atoms with E-state index in [-0.39, 0.29) is 18.1 Å². The maximum Gasteiger partial charge on any atom is 0.230 e. The summed E-state index contributed by atoms with van der Waals surface area (Å²) in [6.45, 7) is 0. The number of thiazole rings is 1. The molecule has 0 aliphatic rings. The van der Waals surface area contributed by atoms with Gasteiger partial charge in [0.2, 0.25) is 5.91 Å². The van der Waals surface area contributed by atoms with Gasteiger partial charge in [-0.25, -0.2) is 9.37 Å². The Morgan fingerprint density at radius 2 is 1.91 bits per heavy atom. The van der Waals surface area contributed by atoms with Crippen molar-refractivity contribution in [2.24, 2.45) is 0 Å². The molecule has 3 rings (SSSR count). The molecule has 0 radical (unpaired) electrons. The predicted molar refractivity (Wildman–Crippen MR) is 91.3 cm³/mol. The number of nitrogens with one attached hydrogen (secondary N) is 1.